The van der Waals surface area contributed by atoms with Crippen molar-refractivity contribution < 1.29 is 4.74 Å². The van der Waals surface area contributed by atoms with Gasteiger partial charge in [-0.15, -0.1) is 0 Å². The summed E-state index contributed by atoms with van der Waals surface area (Å²) in [7, 11) is 0. The molecule has 0 bridgehead atoms. The second kappa shape index (κ2) is 11.7. The van der Waals surface area contributed by atoms with Crippen LogP contribution in [0.15, 0.2) is 41.9 Å². The monoisotopic (exact) mass is 412 g/mol. The number of aromatic nitrogens is 3. The van der Waals surface area contributed by atoms with E-state index in [9.17, 15) is 0 Å². The van der Waals surface area contributed by atoms with Gasteiger partial charge in [-0.25, -0.2) is 14.7 Å². The molecule has 1 aromatic carbocycles. The van der Waals surface area contributed by atoms with Gasteiger partial charge in [-0.3, -0.25) is 0 Å². The van der Waals surface area contributed by atoms with Crippen LogP contribution in [0.25, 0.3) is 0 Å². The maximum absolute atomic E-state index is 5.64. The first-order valence-electron chi connectivity index (χ1n) is 11.2. The lowest BCUT2D eigenvalue weighted by atomic mass is 9.83. The van der Waals surface area contributed by atoms with Crippen LogP contribution >= 0.6 is 0 Å². The number of hydrogen-bond donors (Lipinski definition) is 2. The summed E-state index contributed by atoms with van der Waals surface area (Å²) in [4.78, 5) is 8.85. The van der Waals surface area contributed by atoms with E-state index in [2.05, 4.69) is 58.8 Å². The molecule has 0 spiro atoms. The smallest absolute Gasteiger partial charge is 0.191 e. The molecule has 2 aromatic rings. The topological polar surface area (TPSA) is 76.4 Å². The van der Waals surface area contributed by atoms with E-state index in [0.29, 0.717) is 12.0 Å². The van der Waals surface area contributed by atoms with Crippen molar-refractivity contribution in [3.05, 3.63) is 48.0 Å². The summed E-state index contributed by atoms with van der Waals surface area (Å²) in [5.41, 5.74) is 2.73. The van der Waals surface area contributed by atoms with Gasteiger partial charge in [0.2, 0.25) is 0 Å². The molecule has 30 heavy (non-hydrogen) atoms. The Hall–Kier alpha value is -2.41. The number of nitrogens with zero attached hydrogens (tertiary/aromatic N) is 4. The predicted octanol–water partition coefficient (Wildman–Crippen LogP) is 3.37. The first-order valence-corrected chi connectivity index (χ1v) is 11.2. The van der Waals surface area contributed by atoms with Crippen molar-refractivity contribution in [3.8, 4) is 0 Å². The molecule has 1 heterocycles. The molecule has 1 saturated carbocycles. The van der Waals surface area contributed by atoms with Crippen molar-refractivity contribution in [2.24, 2.45) is 10.4 Å². The molecular weight excluding hydrogens is 376 g/mol. The molecule has 7 nitrogen and oxygen atoms in total. The summed E-state index contributed by atoms with van der Waals surface area (Å²) in [6.07, 6.45) is 9.61. The zero-order valence-corrected chi connectivity index (χ0v) is 18.4. The van der Waals surface area contributed by atoms with Gasteiger partial charge in [-0.2, -0.15) is 5.10 Å². The van der Waals surface area contributed by atoms with E-state index in [4.69, 9.17) is 9.73 Å². The van der Waals surface area contributed by atoms with Crippen LogP contribution in [0, 0.1) is 5.41 Å². The Balaban J connectivity index is 1.58. The zero-order chi connectivity index (χ0) is 21.1. The van der Waals surface area contributed by atoms with Crippen LogP contribution in [-0.4, -0.2) is 47.0 Å². The largest absolute Gasteiger partial charge is 0.382 e. The molecule has 1 aliphatic carbocycles. The standard InChI is InChI=1S/C23H36N6O/c1-3-25-22(27-17-23(10-5-6-11-23)12-13-30-4-2)26-15-20-8-7-9-21(14-20)16-29-19-24-18-28-29/h7-9,14,18-19H,3-6,10-13,15-17H2,1-2H3,(H2,25,26,27). The normalized spacial score (nSPS) is 16.0. The van der Waals surface area contributed by atoms with E-state index in [1.807, 2.05) is 4.68 Å². The second-order valence-corrected chi connectivity index (χ2v) is 8.12. The number of nitrogens with one attached hydrogen (secondary N) is 2. The van der Waals surface area contributed by atoms with Gasteiger partial charge < -0.3 is 15.4 Å². The lowest BCUT2D eigenvalue weighted by Crippen LogP contribution is -2.43. The molecule has 2 N–H and O–H groups in total. The molecule has 0 saturated heterocycles. The Morgan fingerprint density at radius 2 is 2.03 bits per heavy atom. The number of aliphatic imine (C=N–C) groups is 1. The molecule has 3 rings (SSSR count). The zero-order valence-electron chi connectivity index (χ0n) is 18.4. The van der Waals surface area contributed by atoms with E-state index in [0.717, 1.165) is 45.2 Å². The average molecular weight is 413 g/mol. The molecule has 1 fully saturated rings. The first kappa shape index (κ1) is 22.3. The fourth-order valence-corrected chi connectivity index (χ4v) is 4.18. The Labute approximate surface area is 180 Å². The molecule has 1 aliphatic rings. The average Bonchev–Trinajstić information content (AvgIpc) is 3.43. The maximum atomic E-state index is 5.64. The molecule has 164 valence electrons. The van der Waals surface area contributed by atoms with Crippen LogP contribution in [0.4, 0.5) is 0 Å². The number of hydrogen-bond acceptors (Lipinski definition) is 4. The molecule has 0 atom stereocenters. The van der Waals surface area contributed by atoms with Crippen LogP contribution in [-0.2, 0) is 17.8 Å². The third-order valence-corrected chi connectivity index (χ3v) is 5.84. The summed E-state index contributed by atoms with van der Waals surface area (Å²) in [5.74, 6) is 0.891. The number of guanidine groups is 1. The third-order valence-electron chi connectivity index (χ3n) is 5.84. The summed E-state index contributed by atoms with van der Waals surface area (Å²) in [5, 5.41) is 11.2. The lowest BCUT2D eigenvalue weighted by Gasteiger charge is -2.30. The summed E-state index contributed by atoms with van der Waals surface area (Å²) in [6.45, 7) is 8.99. The quantitative estimate of drug-likeness (QED) is 0.336. The van der Waals surface area contributed by atoms with Crippen molar-refractivity contribution in [2.45, 2.75) is 59.0 Å². The minimum atomic E-state index is 0.336. The fraction of sp³-hybridized carbons (Fsp3) is 0.609. The summed E-state index contributed by atoms with van der Waals surface area (Å²) < 4.78 is 7.48. The lowest BCUT2D eigenvalue weighted by molar-refractivity contribution is 0.105. The van der Waals surface area contributed by atoms with Crippen molar-refractivity contribution in [3.63, 3.8) is 0 Å². The number of rotatable bonds is 11. The maximum Gasteiger partial charge on any atom is 0.191 e. The van der Waals surface area contributed by atoms with Crippen molar-refractivity contribution in [1.82, 2.24) is 25.4 Å². The van der Waals surface area contributed by atoms with Crippen LogP contribution < -0.4 is 10.6 Å². The van der Waals surface area contributed by atoms with Gasteiger partial charge in [0, 0.05) is 26.3 Å². The summed E-state index contributed by atoms with van der Waals surface area (Å²) >= 11 is 0. The summed E-state index contributed by atoms with van der Waals surface area (Å²) in [6, 6.07) is 8.51. The number of benzene rings is 1. The Morgan fingerprint density at radius 1 is 1.20 bits per heavy atom. The third kappa shape index (κ3) is 6.83. The highest BCUT2D eigenvalue weighted by molar-refractivity contribution is 5.79. The van der Waals surface area contributed by atoms with Gasteiger partial charge in [0.25, 0.3) is 0 Å². The van der Waals surface area contributed by atoms with Gasteiger partial charge >= 0.3 is 0 Å². The molecule has 0 amide bonds. The van der Waals surface area contributed by atoms with Crippen LogP contribution in [0.3, 0.4) is 0 Å². The Morgan fingerprint density at radius 3 is 2.77 bits per heavy atom. The van der Waals surface area contributed by atoms with E-state index in [1.165, 1.54) is 36.8 Å². The van der Waals surface area contributed by atoms with Crippen molar-refractivity contribution in [2.75, 3.05) is 26.3 Å². The van der Waals surface area contributed by atoms with Gasteiger partial charge in [-0.05, 0) is 49.7 Å². The predicted molar refractivity (Wildman–Crippen MR) is 120 cm³/mol. The van der Waals surface area contributed by atoms with Crippen LogP contribution in [0.2, 0.25) is 0 Å². The minimum absolute atomic E-state index is 0.336. The number of ether oxygens (including phenoxy) is 1. The highest BCUT2D eigenvalue weighted by Gasteiger charge is 2.33. The van der Waals surface area contributed by atoms with E-state index < -0.39 is 0 Å². The van der Waals surface area contributed by atoms with Crippen LogP contribution in [0.5, 0.6) is 0 Å². The minimum Gasteiger partial charge on any atom is -0.382 e. The molecule has 0 radical (unpaired) electrons. The van der Waals surface area contributed by atoms with E-state index in [1.54, 1.807) is 12.7 Å². The molecule has 0 unspecified atom stereocenters. The first-order chi connectivity index (χ1) is 14.7. The SMILES string of the molecule is CCNC(=NCc1cccc(Cn2cncn2)c1)NCC1(CCOCC)CCCC1. The highest BCUT2D eigenvalue weighted by Crippen LogP contribution is 2.40. The van der Waals surface area contributed by atoms with Gasteiger partial charge in [-0.1, -0.05) is 37.1 Å². The van der Waals surface area contributed by atoms with Gasteiger partial charge in [0.05, 0.1) is 13.1 Å². The highest BCUT2D eigenvalue weighted by atomic mass is 16.5. The Kier molecular flexibility index (Phi) is 8.68. The second-order valence-electron chi connectivity index (χ2n) is 8.12. The van der Waals surface area contributed by atoms with Crippen molar-refractivity contribution >= 4 is 5.96 Å². The van der Waals surface area contributed by atoms with Gasteiger partial charge in [0.15, 0.2) is 5.96 Å². The molecular formula is C23H36N6O. The van der Waals surface area contributed by atoms with E-state index in [-0.39, 0.29) is 0 Å². The van der Waals surface area contributed by atoms with E-state index >= 15 is 0 Å². The molecule has 7 heteroatoms. The molecule has 0 aliphatic heterocycles. The molecule has 1 aromatic heterocycles. The van der Waals surface area contributed by atoms with Crippen LogP contribution in [0.1, 0.15) is 57.1 Å². The van der Waals surface area contributed by atoms with Gasteiger partial charge in [0.1, 0.15) is 12.7 Å². The fourth-order valence-electron chi connectivity index (χ4n) is 4.18. The Bertz CT molecular complexity index is 768. The van der Waals surface area contributed by atoms with Crippen molar-refractivity contribution in [1.29, 1.82) is 0 Å².